The zero-order chi connectivity index (χ0) is 16.2. The highest BCUT2D eigenvalue weighted by Crippen LogP contribution is 2.32. The van der Waals surface area contributed by atoms with Crippen LogP contribution in [0.3, 0.4) is 0 Å². The fourth-order valence-corrected chi connectivity index (χ4v) is 3.45. The fourth-order valence-electron chi connectivity index (χ4n) is 2.47. The molecule has 0 aliphatic carbocycles. The number of carbonyl (C=O) groups excluding carboxylic acids is 2. The third kappa shape index (κ3) is 4.32. The number of amides is 2. The van der Waals surface area contributed by atoms with Gasteiger partial charge in [0.05, 0.1) is 0 Å². The fraction of sp³-hybridized carbons (Fsp3) is 0.500. The SMILES string of the molecule is CC1(C)SCNC1C(=O)NC(=O)CCC(N)c1ccccc1. The largest absolute Gasteiger partial charge is 0.324 e. The highest BCUT2D eigenvalue weighted by Gasteiger charge is 2.40. The van der Waals surface area contributed by atoms with Gasteiger partial charge in [-0.15, -0.1) is 11.8 Å². The molecule has 2 unspecified atom stereocenters. The van der Waals surface area contributed by atoms with Crippen molar-refractivity contribution in [1.29, 1.82) is 0 Å². The molecule has 4 N–H and O–H groups in total. The van der Waals surface area contributed by atoms with Crippen molar-refractivity contribution in [1.82, 2.24) is 10.6 Å². The van der Waals surface area contributed by atoms with Gasteiger partial charge in [0, 0.05) is 23.1 Å². The summed E-state index contributed by atoms with van der Waals surface area (Å²) in [5.41, 5.74) is 7.06. The number of nitrogens with one attached hydrogen (secondary N) is 2. The number of carbonyl (C=O) groups is 2. The molecule has 1 saturated heterocycles. The van der Waals surface area contributed by atoms with Gasteiger partial charge in [-0.05, 0) is 25.8 Å². The number of hydrogen-bond acceptors (Lipinski definition) is 5. The topological polar surface area (TPSA) is 84.2 Å². The van der Waals surface area contributed by atoms with Gasteiger partial charge in [0.1, 0.15) is 6.04 Å². The average molecular weight is 321 g/mol. The summed E-state index contributed by atoms with van der Waals surface area (Å²) in [6, 6.07) is 9.11. The van der Waals surface area contributed by atoms with Gasteiger partial charge in [0.25, 0.3) is 0 Å². The van der Waals surface area contributed by atoms with Crippen LogP contribution in [0.1, 0.15) is 38.3 Å². The average Bonchev–Trinajstić information content (AvgIpc) is 2.85. The van der Waals surface area contributed by atoms with Crippen molar-refractivity contribution in [2.75, 3.05) is 5.88 Å². The van der Waals surface area contributed by atoms with Crippen LogP contribution in [0, 0.1) is 0 Å². The second-order valence-corrected chi connectivity index (χ2v) is 7.63. The highest BCUT2D eigenvalue weighted by molar-refractivity contribution is 8.00. The van der Waals surface area contributed by atoms with Crippen LogP contribution in [0.2, 0.25) is 0 Å². The molecule has 2 atom stereocenters. The lowest BCUT2D eigenvalue weighted by molar-refractivity contribution is -0.131. The normalized spacial score (nSPS) is 21.3. The number of thioether (sulfide) groups is 1. The van der Waals surface area contributed by atoms with Crippen molar-refractivity contribution < 1.29 is 9.59 Å². The maximum absolute atomic E-state index is 12.1. The van der Waals surface area contributed by atoms with Gasteiger partial charge in [-0.2, -0.15) is 0 Å². The molecule has 0 spiro atoms. The highest BCUT2D eigenvalue weighted by atomic mass is 32.2. The summed E-state index contributed by atoms with van der Waals surface area (Å²) in [5, 5.41) is 5.59. The van der Waals surface area contributed by atoms with Crippen LogP contribution in [-0.2, 0) is 9.59 Å². The van der Waals surface area contributed by atoms with Crippen LogP contribution in [0.25, 0.3) is 0 Å². The number of rotatable bonds is 5. The lowest BCUT2D eigenvalue weighted by atomic mass is 10.0. The Morgan fingerprint density at radius 3 is 2.68 bits per heavy atom. The molecule has 0 radical (unpaired) electrons. The van der Waals surface area contributed by atoms with Crippen LogP contribution in [0.5, 0.6) is 0 Å². The van der Waals surface area contributed by atoms with Gasteiger partial charge in [-0.3, -0.25) is 20.2 Å². The molecule has 1 aromatic rings. The first-order valence-electron chi connectivity index (χ1n) is 7.42. The summed E-state index contributed by atoms with van der Waals surface area (Å²) < 4.78 is -0.204. The Morgan fingerprint density at radius 1 is 1.41 bits per heavy atom. The molecule has 120 valence electrons. The van der Waals surface area contributed by atoms with Crippen molar-refractivity contribution >= 4 is 23.6 Å². The Hall–Kier alpha value is -1.37. The van der Waals surface area contributed by atoms with Crippen LogP contribution in [0.4, 0.5) is 0 Å². The van der Waals surface area contributed by atoms with Crippen LogP contribution in [0.15, 0.2) is 30.3 Å². The van der Waals surface area contributed by atoms with Gasteiger partial charge in [-0.25, -0.2) is 0 Å². The van der Waals surface area contributed by atoms with E-state index in [1.807, 2.05) is 44.2 Å². The number of hydrogen-bond donors (Lipinski definition) is 3. The van der Waals surface area contributed by atoms with Crippen molar-refractivity contribution in [2.24, 2.45) is 5.73 Å². The zero-order valence-electron chi connectivity index (χ0n) is 13.0. The van der Waals surface area contributed by atoms with E-state index in [1.165, 1.54) is 0 Å². The number of imide groups is 1. The lowest BCUT2D eigenvalue weighted by Crippen LogP contribution is -2.51. The second-order valence-electron chi connectivity index (χ2n) is 6.00. The van der Waals surface area contributed by atoms with Crippen molar-refractivity contribution in [3.63, 3.8) is 0 Å². The summed E-state index contributed by atoms with van der Waals surface area (Å²) in [6.07, 6.45) is 0.751. The van der Waals surface area contributed by atoms with E-state index >= 15 is 0 Å². The molecule has 0 saturated carbocycles. The molecular weight excluding hydrogens is 298 g/mol. The minimum atomic E-state index is -0.343. The third-order valence-electron chi connectivity index (χ3n) is 3.86. The summed E-state index contributed by atoms with van der Waals surface area (Å²) in [5.74, 6) is 0.192. The van der Waals surface area contributed by atoms with Gasteiger partial charge >= 0.3 is 0 Å². The number of nitrogens with two attached hydrogens (primary N) is 1. The molecule has 1 aromatic carbocycles. The van der Waals surface area contributed by atoms with E-state index in [1.54, 1.807) is 11.8 Å². The molecule has 5 nitrogen and oxygen atoms in total. The monoisotopic (exact) mass is 321 g/mol. The number of benzene rings is 1. The van der Waals surface area contributed by atoms with E-state index in [-0.39, 0.29) is 35.1 Å². The molecule has 1 heterocycles. The van der Waals surface area contributed by atoms with Crippen molar-refractivity contribution in [2.45, 2.75) is 43.5 Å². The first-order valence-corrected chi connectivity index (χ1v) is 8.40. The maximum Gasteiger partial charge on any atom is 0.245 e. The Kier molecular flexibility index (Phi) is 5.61. The Balaban J connectivity index is 1.80. The van der Waals surface area contributed by atoms with Crippen LogP contribution >= 0.6 is 11.8 Å². The molecule has 1 fully saturated rings. The second kappa shape index (κ2) is 7.26. The Labute approximate surface area is 135 Å². The van der Waals surface area contributed by atoms with E-state index in [2.05, 4.69) is 10.6 Å². The van der Waals surface area contributed by atoms with E-state index < -0.39 is 0 Å². The van der Waals surface area contributed by atoms with Crippen molar-refractivity contribution in [3.05, 3.63) is 35.9 Å². The Morgan fingerprint density at radius 2 is 2.09 bits per heavy atom. The van der Waals surface area contributed by atoms with Gasteiger partial charge in [0.2, 0.25) is 11.8 Å². The quantitative estimate of drug-likeness (QED) is 0.766. The van der Waals surface area contributed by atoms with Crippen molar-refractivity contribution in [3.8, 4) is 0 Å². The molecule has 22 heavy (non-hydrogen) atoms. The molecule has 0 bridgehead atoms. The van der Waals surface area contributed by atoms with E-state index in [0.717, 1.165) is 11.4 Å². The summed E-state index contributed by atoms with van der Waals surface area (Å²) in [4.78, 5) is 24.1. The van der Waals surface area contributed by atoms with Gasteiger partial charge < -0.3 is 5.73 Å². The molecule has 2 amide bonds. The van der Waals surface area contributed by atoms with Gasteiger partial charge in [0.15, 0.2) is 0 Å². The molecule has 2 rings (SSSR count). The maximum atomic E-state index is 12.1. The molecule has 1 aliphatic rings. The smallest absolute Gasteiger partial charge is 0.245 e. The van der Waals surface area contributed by atoms with E-state index in [0.29, 0.717) is 6.42 Å². The first-order chi connectivity index (χ1) is 10.4. The first kappa shape index (κ1) is 17.0. The molecule has 0 aromatic heterocycles. The summed E-state index contributed by atoms with van der Waals surface area (Å²) in [7, 11) is 0. The molecule has 6 heteroatoms. The molecule has 1 aliphatic heterocycles. The standard InChI is InChI=1S/C16H23N3O2S/c1-16(2)14(18-10-22-16)15(21)19-13(20)9-8-12(17)11-6-4-3-5-7-11/h3-7,12,14,18H,8-10,17H2,1-2H3,(H,19,20,21). The van der Waals surface area contributed by atoms with E-state index in [9.17, 15) is 9.59 Å². The van der Waals surface area contributed by atoms with Gasteiger partial charge in [-0.1, -0.05) is 30.3 Å². The van der Waals surface area contributed by atoms with Crippen LogP contribution < -0.4 is 16.4 Å². The van der Waals surface area contributed by atoms with E-state index in [4.69, 9.17) is 5.73 Å². The summed E-state index contributed by atoms with van der Waals surface area (Å²) in [6.45, 7) is 4.00. The summed E-state index contributed by atoms with van der Waals surface area (Å²) >= 11 is 1.68. The Bertz CT molecular complexity index is 533. The molecular formula is C16H23N3O2S. The minimum Gasteiger partial charge on any atom is -0.324 e. The third-order valence-corrected chi connectivity index (χ3v) is 5.15. The van der Waals surface area contributed by atoms with Crippen LogP contribution in [-0.4, -0.2) is 28.5 Å². The lowest BCUT2D eigenvalue weighted by Gasteiger charge is -2.24. The predicted molar refractivity (Wildman–Crippen MR) is 89.2 cm³/mol. The predicted octanol–water partition coefficient (Wildman–Crippen LogP) is 1.55. The minimum absolute atomic E-state index is 0.196. The zero-order valence-corrected chi connectivity index (χ0v) is 13.8.